The Labute approximate surface area is 357 Å². The zero-order valence-corrected chi connectivity index (χ0v) is 37.7. The molecular formula is C55H48Cl2Zr-2. The molecule has 0 nitrogen and oxygen atoms in total. The van der Waals surface area contributed by atoms with Crippen LogP contribution in [0.15, 0.2) is 170 Å². The fourth-order valence-electron chi connectivity index (χ4n) is 8.48. The minimum absolute atomic E-state index is 1.15. The Kier molecular flexibility index (Phi) is 12.5. The van der Waals surface area contributed by atoms with Crippen LogP contribution in [0.5, 0.6) is 0 Å². The maximum atomic E-state index is 5.54. The molecule has 0 fully saturated rings. The van der Waals surface area contributed by atoms with Crippen LogP contribution in [-0.2, 0) is 31.7 Å². The van der Waals surface area contributed by atoms with Crippen LogP contribution in [0.4, 0.5) is 0 Å². The summed E-state index contributed by atoms with van der Waals surface area (Å²) in [5, 5.41) is 16.0. The van der Waals surface area contributed by atoms with Crippen molar-refractivity contribution in [3.05, 3.63) is 181 Å². The van der Waals surface area contributed by atoms with Gasteiger partial charge in [-0.15, -0.1) is 69.1 Å². The monoisotopic (exact) mass is 868 g/mol. The predicted molar refractivity (Wildman–Crippen MR) is 256 cm³/mol. The van der Waals surface area contributed by atoms with E-state index in [0.717, 1.165) is 12.8 Å². The third-order valence-electron chi connectivity index (χ3n) is 11.2. The van der Waals surface area contributed by atoms with Crippen LogP contribution in [0.3, 0.4) is 0 Å². The van der Waals surface area contributed by atoms with Crippen LogP contribution in [0.25, 0.3) is 86.9 Å². The van der Waals surface area contributed by atoms with Gasteiger partial charge in [0.2, 0.25) is 0 Å². The van der Waals surface area contributed by atoms with Crippen molar-refractivity contribution in [2.75, 3.05) is 0 Å². The van der Waals surface area contributed by atoms with Crippen molar-refractivity contribution in [2.24, 2.45) is 0 Å². The Balaban J connectivity index is 0.000000142. The van der Waals surface area contributed by atoms with Crippen LogP contribution in [0.2, 0.25) is 0 Å². The van der Waals surface area contributed by atoms with Crippen LogP contribution < -0.4 is 0 Å². The number of hydrogen-bond donors (Lipinski definition) is 0. The van der Waals surface area contributed by atoms with Crippen molar-refractivity contribution in [1.29, 1.82) is 0 Å². The molecule has 288 valence electrons. The normalized spacial score (nSPS) is 11.2. The first kappa shape index (κ1) is 40.1. The molecule has 0 aliphatic heterocycles. The maximum absolute atomic E-state index is 5.54. The SMILES string of the molecule is CCCc1cc2c(-c3cc4ccccc4c4ccccc34)cccc2[cH-]1.CCCc1cc2c(-c3cc4ccccc4c4ccccc34)cccc2[cH-]1.C[C](C)=[Zr]([Cl])[Cl]. The second-order valence-corrected chi connectivity index (χ2v) is 24.8. The van der Waals surface area contributed by atoms with Gasteiger partial charge in [-0.1, -0.05) is 147 Å². The number of rotatable bonds is 6. The second-order valence-electron chi connectivity index (χ2n) is 15.5. The topological polar surface area (TPSA) is 0 Å². The molecule has 0 aliphatic rings. The molecule has 10 rings (SSSR count). The van der Waals surface area contributed by atoms with E-state index in [1.807, 2.05) is 13.8 Å². The Morgan fingerprint density at radius 1 is 0.414 bits per heavy atom. The molecule has 0 aromatic heterocycles. The minimum atomic E-state index is -1.84. The summed E-state index contributed by atoms with van der Waals surface area (Å²) in [6.07, 6.45) is 4.66. The fourth-order valence-corrected chi connectivity index (χ4v) is 8.48. The zero-order chi connectivity index (χ0) is 40.2. The predicted octanol–water partition coefficient (Wildman–Crippen LogP) is 17.1. The number of benzene rings is 8. The average molecular weight is 871 g/mol. The van der Waals surface area contributed by atoms with Gasteiger partial charge < -0.3 is 0 Å². The first-order valence-corrected chi connectivity index (χ1v) is 28.1. The van der Waals surface area contributed by atoms with E-state index < -0.39 is 18.9 Å². The van der Waals surface area contributed by atoms with E-state index in [-0.39, 0.29) is 0 Å². The van der Waals surface area contributed by atoms with Gasteiger partial charge in [0.25, 0.3) is 0 Å². The molecule has 0 unspecified atom stereocenters. The van der Waals surface area contributed by atoms with E-state index >= 15 is 0 Å². The molecule has 0 heterocycles. The quantitative estimate of drug-likeness (QED) is 0.115. The molecule has 0 saturated carbocycles. The molecule has 0 saturated heterocycles. The fraction of sp³-hybridized carbons (Fsp3) is 0.145. The summed E-state index contributed by atoms with van der Waals surface area (Å²) in [6, 6.07) is 62.6. The van der Waals surface area contributed by atoms with E-state index in [0.29, 0.717) is 0 Å². The molecule has 10 aromatic carbocycles. The number of halogens is 2. The summed E-state index contributed by atoms with van der Waals surface area (Å²) in [6.45, 7) is 8.45. The summed E-state index contributed by atoms with van der Waals surface area (Å²) >= 11 is -1.84. The Morgan fingerprint density at radius 2 is 0.776 bits per heavy atom. The summed E-state index contributed by atoms with van der Waals surface area (Å²) in [5.74, 6) is 0. The van der Waals surface area contributed by atoms with Crippen molar-refractivity contribution in [1.82, 2.24) is 0 Å². The molecule has 0 spiro atoms. The van der Waals surface area contributed by atoms with Gasteiger partial charge in [0.1, 0.15) is 0 Å². The van der Waals surface area contributed by atoms with Crippen molar-refractivity contribution < 1.29 is 18.9 Å². The Bertz CT molecular complexity index is 2870. The van der Waals surface area contributed by atoms with Crippen LogP contribution in [0, 0.1) is 0 Å². The van der Waals surface area contributed by atoms with Gasteiger partial charge in [-0.2, -0.15) is 12.1 Å². The summed E-state index contributed by atoms with van der Waals surface area (Å²) in [7, 11) is 11.1. The van der Waals surface area contributed by atoms with Crippen LogP contribution in [0.1, 0.15) is 51.7 Å². The first-order chi connectivity index (χ1) is 28.3. The van der Waals surface area contributed by atoms with Crippen molar-refractivity contribution in [3.63, 3.8) is 0 Å². The molecule has 0 bridgehead atoms. The molecule has 10 aromatic rings. The van der Waals surface area contributed by atoms with Gasteiger partial charge in [-0.3, -0.25) is 0 Å². The van der Waals surface area contributed by atoms with Gasteiger partial charge in [0.05, 0.1) is 0 Å². The molecule has 0 atom stereocenters. The molecular weight excluding hydrogens is 823 g/mol. The molecule has 0 amide bonds. The summed E-state index contributed by atoms with van der Waals surface area (Å²) in [4.78, 5) is 0. The van der Waals surface area contributed by atoms with E-state index in [4.69, 9.17) is 17.0 Å². The number of aryl methyl sites for hydroxylation is 2. The summed E-state index contributed by atoms with van der Waals surface area (Å²) < 4.78 is 1.24. The molecule has 3 heteroatoms. The van der Waals surface area contributed by atoms with Crippen molar-refractivity contribution in [2.45, 2.75) is 53.4 Å². The Hall–Kier alpha value is -4.65. The zero-order valence-electron chi connectivity index (χ0n) is 33.8. The third-order valence-corrected chi connectivity index (χ3v) is 17.5. The molecule has 58 heavy (non-hydrogen) atoms. The molecule has 0 aliphatic carbocycles. The van der Waals surface area contributed by atoms with Crippen molar-refractivity contribution >= 4 is 84.9 Å². The van der Waals surface area contributed by atoms with E-state index in [1.54, 1.807) is 0 Å². The van der Waals surface area contributed by atoms with Gasteiger partial charge >= 0.3 is 53.0 Å². The van der Waals surface area contributed by atoms with Crippen molar-refractivity contribution in [3.8, 4) is 22.3 Å². The van der Waals surface area contributed by atoms with E-state index in [2.05, 4.69) is 184 Å². The van der Waals surface area contributed by atoms with E-state index in [1.165, 1.54) is 114 Å². The van der Waals surface area contributed by atoms with Crippen LogP contribution >= 0.6 is 17.0 Å². The third kappa shape index (κ3) is 8.29. The first-order valence-electron chi connectivity index (χ1n) is 20.5. The number of fused-ring (bicyclic) bond motifs is 8. The van der Waals surface area contributed by atoms with Gasteiger partial charge in [0.15, 0.2) is 0 Å². The standard InChI is InChI=1S/2C26H21.C3H6.2ClH.Zr/c2*1-2-8-18-15-19-10-7-14-24(25(19)16-18)26-17-20-9-3-4-11-21(20)22-12-5-6-13-23(22)26;1-3-2;;;/h2*3-7,9-17H,2,8H2,1H3;1-2H3;2*1H;/q2*-1;;;;+2/p-2. The van der Waals surface area contributed by atoms with Gasteiger partial charge in [-0.05, 0) is 79.2 Å². The molecule has 0 radical (unpaired) electrons. The second kappa shape index (κ2) is 18.1. The number of hydrogen-bond acceptors (Lipinski definition) is 0. The van der Waals surface area contributed by atoms with Crippen LogP contribution in [-0.4, -0.2) is 3.21 Å². The van der Waals surface area contributed by atoms with E-state index in [9.17, 15) is 0 Å². The summed E-state index contributed by atoms with van der Waals surface area (Å²) in [5.41, 5.74) is 8.23. The average Bonchev–Trinajstić information content (AvgIpc) is 3.87. The Morgan fingerprint density at radius 3 is 1.16 bits per heavy atom. The molecule has 0 N–H and O–H groups in total. The van der Waals surface area contributed by atoms with Gasteiger partial charge in [0, 0.05) is 0 Å². The van der Waals surface area contributed by atoms with Gasteiger partial charge in [-0.25, -0.2) is 0 Å².